The summed E-state index contributed by atoms with van der Waals surface area (Å²) in [5.74, 6) is -0.454. The number of para-hydroxylation sites is 1. The lowest BCUT2D eigenvalue weighted by molar-refractivity contribution is -0.114. The number of benzene rings is 2. The van der Waals surface area contributed by atoms with Crippen molar-refractivity contribution in [2.45, 2.75) is 6.92 Å². The second kappa shape index (κ2) is 6.23. The van der Waals surface area contributed by atoms with E-state index in [1.165, 1.54) is 13.3 Å². The molecule has 0 aliphatic heterocycles. The molecule has 0 aliphatic carbocycles. The number of carbonyl (C=O) groups excluding carboxylic acids is 2. The summed E-state index contributed by atoms with van der Waals surface area (Å²) in [5, 5.41) is 6.15. The third-order valence-electron chi connectivity index (χ3n) is 3.22. The van der Waals surface area contributed by atoms with Crippen LogP contribution in [0, 0.1) is 0 Å². The molecule has 2 aromatic carbocycles. The number of amides is 2. The van der Waals surface area contributed by atoms with Crippen LogP contribution in [0.15, 0.2) is 54.9 Å². The Morgan fingerprint density at radius 1 is 0.870 bits per heavy atom. The lowest BCUT2D eigenvalue weighted by atomic mass is 10.1. The molecule has 1 aromatic heterocycles. The summed E-state index contributed by atoms with van der Waals surface area (Å²) >= 11 is 0. The number of hydrogen-bond acceptors (Lipinski definition) is 4. The average Bonchev–Trinajstić information content (AvgIpc) is 2.55. The monoisotopic (exact) mass is 306 g/mol. The van der Waals surface area contributed by atoms with Gasteiger partial charge < -0.3 is 10.6 Å². The van der Waals surface area contributed by atoms with E-state index in [0.717, 1.165) is 0 Å². The van der Waals surface area contributed by atoms with Crippen LogP contribution in [0.3, 0.4) is 0 Å². The van der Waals surface area contributed by atoms with Gasteiger partial charge in [0.25, 0.3) is 5.91 Å². The van der Waals surface area contributed by atoms with Crippen LogP contribution in [0.4, 0.5) is 11.4 Å². The van der Waals surface area contributed by atoms with Gasteiger partial charge in [-0.15, -0.1) is 0 Å². The SMILES string of the molecule is CC(=O)Nc1ccc(NC(=O)c2ncnc3ccccc23)cc1. The average molecular weight is 306 g/mol. The van der Waals surface area contributed by atoms with Gasteiger partial charge in [0.2, 0.25) is 5.91 Å². The molecule has 2 amide bonds. The first-order chi connectivity index (χ1) is 11.1. The van der Waals surface area contributed by atoms with Crippen LogP contribution in [0.25, 0.3) is 10.9 Å². The van der Waals surface area contributed by atoms with E-state index in [9.17, 15) is 9.59 Å². The number of anilines is 2. The van der Waals surface area contributed by atoms with Crippen LogP contribution < -0.4 is 10.6 Å². The van der Waals surface area contributed by atoms with Crippen molar-refractivity contribution in [1.29, 1.82) is 0 Å². The number of carbonyl (C=O) groups is 2. The predicted octanol–water partition coefficient (Wildman–Crippen LogP) is 2.84. The first kappa shape index (κ1) is 14.6. The fourth-order valence-electron chi connectivity index (χ4n) is 2.22. The molecule has 0 atom stereocenters. The molecule has 0 spiro atoms. The maximum Gasteiger partial charge on any atom is 0.275 e. The molecule has 0 fully saturated rings. The first-order valence-electron chi connectivity index (χ1n) is 7.02. The normalized spacial score (nSPS) is 10.3. The third-order valence-corrected chi connectivity index (χ3v) is 3.22. The molecular weight excluding hydrogens is 292 g/mol. The molecule has 2 N–H and O–H groups in total. The highest BCUT2D eigenvalue weighted by Gasteiger charge is 2.12. The molecule has 6 nitrogen and oxygen atoms in total. The van der Waals surface area contributed by atoms with Crippen LogP contribution in [-0.4, -0.2) is 21.8 Å². The minimum Gasteiger partial charge on any atom is -0.326 e. The van der Waals surface area contributed by atoms with Crippen LogP contribution >= 0.6 is 0 Å². The smallest absolute Gasteiger partial charge is 0.275 e. The first-order valence-corrected chi connectivity index (χ1v) is 7.02. The standard InChI is InChI=1S/C17H14N4O2/c1-11(22)20-12-6-8-13(9-7-12)21-17(23)16-14-4-2-3-5-15(14)18-10-19-16/h2-10H,1H3,(H,20,22)(H,21,23). The summed E-state index contributed by atoms with van der Waals surface area (Å²) in [4.78, 5) is 31.6. The third kappa shape index (κ3) is 3.32. The van der Waals surface area contributed by atoms with Crippen molar-refractivity contribution in [3.63, 3.8) is 0 Å². The highest BCUT2D eigenvalue weighted by molar-refractivity contribution is 6.10. The van der Waals surface area contributed by atoms with Crippen molar-refractivity contribution in [3.8, 4) is 0 Å². The van der Waals surface area contributed by atoms with Gasteiger partial charge in [0.15, 0.2) is 0 Å². The second-order valence-corrected chi connectivity index (χ2v) is 4.95. The molecule has 6 heteroatoms. The van der Waals surface area contributed by atoms with Gasteiger partial charge in [0, 0.05) is 23.7 Å². The van der Waals surface area contributed by atoms with Crippen LogP contribution in [-0.2, 0) is 4.79 Å². The molecule has 3 rings (SSSR count). The highest BCUT2D eigenvalue weighted by Crippen LogP contribution is 2.17. The minimum atomic E-state index is -0.309. The van der Waals surface area contributed by atoms with Crippen molar-refractivity contribution in [2.75, 3.05) is 10.6 Å². The maximum atomic E-state index is 12.4. The Labute approximate surface area is 132 Å². The van der Waals surface area contributed by atoms with Gasteiger partial charge in [0.1, 0.15) is 12.0 Å². The molecular formula is C17H14N4O2. The topological polar surface area (TPSA) is 84.0 Å². The van der Waals surface area contributed by atoms with Crippen molar-refractivity contribution in [1.82, 2.24) is 9.97 Å². The zero-order valence-electron chi connectivity index (χ0n) is 12.4. The van der Waals surface area contributed by atoms with E-state index >= 15 is 0 Å². The number of aromatic nitrogens is 2. The van der Waals surface area contributed by atoms with E-state index in [1.54, 1.807) is 24.3 Å². The summed E-state index contributed by atoms with van der Waals surface area (Å²) in [7, 11) is 0. The molecule has 0 saturated heterocycles. The predicted molar refractivity (Wildman–Crippen MR) is 88.2 cm³/mol. The molecule has 0 bridgehead atoms. The second-order valence-electron chi connectivity index (χ2n) is 4.95. The largest absolute Gasteiger partial charge is 0.326 e. The molecule has 114 valence electrons. The summed E-state index contributed by atoms with van der Waals surface area (Å²) in [6, 6.07) is 14.2. The highest BCUT2D eigenvalue weighted by atomic mass is 16.2. The molecule has 1 heterocycles. The van der Waals surface area contributed by atoms with E-state index in [4.69, 9.17) is 0 Å². The quantitative estimate of drug-likeness (QED) is 0.779. The Bertz CT molecular complexity index is 870. The zero-order chi connectivity index (χ0) is 16.2. The van der Waals surface area contributed by atoms with Gasteiger partial charge in [-0.1, -0.05) is 18.2 Å². The fraction of sp³-hybridized carbons (Fsp3) is 0.0588. The Balaban J connectivity index is 1.82. The molecule has 0 saturated carbocycles. The van der Waals surface area contributed by atoms with Crippen molar-refractivity contribution >= 4 is 34.1 Å². The molecule has 3 aromatic rings. The van der Waals surface area contributed by atoms with Crippen LogP contribution in [0.5, 0.6) is 0 Å². The summed E-state index contributed by atoms with van der Waals surface area (Å²) in [6.07, 6.45) is 1.37. The molecule has 0 aliphatic rings. The van der Waals surface area contributed by atoms with E-state index < -0.39 is 0 Å². The Morgan fingerprint density at radius 3 is 2.22 bits per heavy atom. The Kier molecular flexibility index (Phi) is 3.97. The summed E-state index contributed by atoms with van der Waals surface area (Å²) in [6.45, 7) is 1.44. The van der Waals surface area contributed by atoms with Gasteiger partial charge in [-0.05, 0) is 30.3 Å². The molecule has 23 heavy (non-hydrogen) atoms. The molecule has 0 radical (unpaired) electrons. The number of hydrogen-bond donors (Lipinski definition) is 2. The lowest BCUT2D eigenvalue weighted by Crippen LogP contribution is -2.14. The number of rotatable bonds is 3. The van der Waals surface area contributed by atoms with E-state index in [1.807, 2.05) is 24.3 Å². The summed E-state index contributed by atoms with van der Waals surface area (Å²) in [5.41, 5.74) is 2.32. The number of fused-ring (bicyclic) bond motifs is 1. The van der Waals surface area contributed by atoms with Crippen LogP contribution in [0.1, 0.15) is 17.4 Å². The van der Waals surface area contributed by atoms with Gasteiger partial charge in [-0.2, -0.15) is 0 Å². The lowest BCUT2D eigenvalue weighted by Gasteiger charge is -2.08. The van der Waals surface area contributed by atoms with Crippen molar-refractivity contribution in [3.05, 3.63) is 60.6 Å². The summed E-state index contributed by atoms with van der Waals surface area (Å²) < 4.78 is 0. The van der Waals surface area contributed by atoms with Gasteiger partial charge in [0.05, 0.1) is 5.52 Å². The van der Waals surface area contributed by atoms with Crippen molar-refractivity contribution in [2.24, 2.45) is 0 Å². The van der Waals surface area contributed by atoms with E-state index in [2.05, 4.69) is 20.6 Å². The Morgan fingerprint density at radius 2 is 1.52 bits per heavy atom. The van der Waals surface area contributed by atoms with Gasteiger partial charge in [-0.25, -0.2) is 9.97 Å². The number of nitrogens with zero attached hydrogens (tertiary/aromatic N) is 2. The zero-order valence-corrected chi connectivity index (χ0v) is 12.4. The van der Waals surface area contributed by atoms with Crippen LogP contribution in [0.2, 0.25) is 0 Å². The van der Waals surface area contributed by atoms with Gasteiger partial charge >= 0.3 is 0 Å². The minimum absolute atomic E-state index is 0.144. The number of nitrogens with one attached hydrogen (secondary N) is 2. The maximum absolute atomic E-state index is 12.4. The van der Waals surface area contributed by atoms with Crippen molar-refractivity contribution < 1.29 is 9.59 Å². The van der Waals surface area contributed by atoms with E-state index in [-0.39, 0.29) is 11.8 Å². The van der Waals surface area contributed by atoms with Gasteiger partial charge in [-0.3, -0.25) is 9.59 Å². The molecule has 0 unspecified atom stereocenters. The van der Waals surface area contributed by atoms with E-state index in [0.29, 0.717) is 28.0 Å². The fourth-order valence-corrected chi connectivity index (χ4v) is 2.22. The Hall–Kier alpha value is -3.28.